The standard InChI is InChI=1S/C27H33Cl2N3O5Si/c1-26(2,3)38(6,7)34-13-15-8-9-16(28)12-18(15)19(33)20-21-22(37-27(4,5)36-21)25(35-20)32-11-10-17-23(29)30-14-31-24(17)32/h8-12,14,20-22,25H,13H2,1-7H3/t20-,21-,22-,25-/m1/s1. The van der Waals surface area contributed by atoms with E-state index in [1.807, 2.05) is 36.7 Å². The highest BCUT2D eigenvalue weighted by Crippen LogP contribution is 2.45. The van der Waals surface area contributed by atoms with E-state index in [1.165, 1.54) is 6.33 Å². The molecule has 0 unspecified atom stereocenters. The van der Waals surface area contributed by atoms with Gasteiger partial charge in [-0.1, -0.05) is 50.0 Å². The van der Waals surface area contributed by atoms with E-state index >= 15 is 0 Å². The molecule has 0 N–H and O–H groups in total. The van der Waals surface area contributed by atoms with Gasteiger partial charge >= 0.3 is 0 Å². The van der Waals surface area contributed by atoms with Gasteiger partial charge in [0, 0.05) is 16.8 Å². The van der Waals surface area contributed by atoms with Crippen molar-refractivity contribution in [2.45, 2.75) is 89.7 Å². The van der Waals surface area contributed by atoms with E-state index in [1.54, 1.807) is 12.1 Å². The number of carbonyl (C=O) groups is 1. The van der Waals surface area contributed by atoms with Crippen LogP contribution in [-0.4, -0.2) is 52.7 Å². The first-order valence-corrected chi connectivity index (χ1v) is 16.3. The number of rotatable bonds is 6. The van der Waals surface area contributed by atoms with Gasteiger partial charge in [0.15, 0.2) is 32.2 Å². The number of ether oxygens (including phenoxy) is 3. The lowest BCUT2D eigenvalue weighted by atomic mass is 9.97. The van der Waals surface area contributed by atoms with Crippen LogP contribution in [0.15, 0.2) is 36.8 Å². The quantitative estimate of drug-likeness (QED) is 0.186. The van der Waals surface area contributed by atoms with E-state index in [0.717, 1.165) is 5.56 Å². The van der Waals surface area contributed by atoms with Crippen molar-refractivity contribution in [1.82, 2.24) is 14.5 Å². The minimum atomic E-state index is -2.06. The molecule has 1 aromatic carbocycles. The molecule has 0 aliphatic carbocycles. The molecule has 5 rings (SSSR count). The first-order chi connectivity index (χ1) is 17.7. The summed E-state index contributed by atoms with van der Waals surface area (Å²) in [6.45, 7) is 14.9. The molecule has 0 radical (unpaired) electrons. The molecule has 2 aliphatic heterocycles. The summed E-state index contributed by atoms with van der Waals surface area (Å²) in [6, 6.07) is 7.12. The van der Waals surface area contributed by atoms with Crippen LogP contribution in [0.5, 0.6) is 0 Å². The molecule has 38 heavy (non-hydrogen) atoms. The van der Waals surface area contributed by atoms with Gasteiger partial charge in [0.25, 0.3) is 0 Å². The van der Waals surface area contributed by atoms with Gasteiger partial charge in [-0.15, -0.1) is 0 Å². The Labute approximate surface area is 233 Å². The zero-order valence-electron chi connectivity index (χ0n) is 22.6. The number of ketones is 1. The topological polar surface area (TPSA) is 84.7 Å². The number of hydrogen-bond acceptors (Lipinski definition) is 7. The highest BCUT2D eigenvalue weighted by atomic mass is 35.5. The largest absolute Gasteiger partial charge is 0.413 e. The van der Waals surface area contributed by atoms with Gasteiger partial charge in [-0.25, -0.2) is 9.97 Å². The second-order valence-electron chi connectivity index (χ2n) is 11.9. The molecule has 2 saturated heterocycles. The molecule has 204 valence electrons. The first-order valence-electron chi connectivity index (χ1n) is 12.6. The lowest BCUT2D eigenvalue weighted by Crippen LogP contribution is -2.40. The second-order valence-corrected chi connectivity index (χ2v) is 17.5. The average Bonchev–Trinajstić information content (AvgIpc) is 3.48. The predicted molar refractivity (Wildman–Crippen MR) is 148 cm³/mol. The van der Waals surface area contributed by atoms with Gasteiger partial charge in [-0.3, -0.25) is 4.79 Å². The van der Waals surface area contributed by atoms with Crippen LogP contribution in [0.2, 0.25) is 28.3 Å². The van der Waals surface area contributed by atoms with Crippen LogP contribution in [0.1, 0.15) is 56.8 Å². The van der Waals surface area contributed by atoms with Crippen molar-refractivity contribution in [2.24, 2.45) is 0 Å². The Bertz CT molecular complexity index is 1390. The van der Waals surface area contributed by atoms with Crippen molar-refractivity contribution in [3.05, 3.63) is 58.1 Å². The molecule has 2 fully saturated rings. The molecule has 0 amide bonds. The van der Waals surface area contributed by atoms with E-state index in [2.05, 4.69) is 43.8 Å². The lowest BCUT2D eigenvalue weighted by molar-refractivity contribution is -0.190. The Morgan fingerprint density at radius 3 is 2.55 bits per heavy atom. The Balaban J connectivity index is 1.49. The molecule has 4 heterocycles. The molecule has 2 aromatic heterocycles. The monoisotopic (exact) mass is 577 g/mol. The molecule has 4 atom stereocenters. The third kappa shape index (κ3) is 4.94. The molecule has 11 heteroatoms. The zero-order chi connectivity index (χ0) is 27.6. The van der Waals surface area contributed by atoms with Crippen molar-refractivity contribution in [3.8, 4) is 0 Å². The van der Waals surface area contributed by atoms with E-state index < -0.39 is 38.6 Å². The van der Waals surface area contributed by atoms with Crippen molar-refractivity contribution < 1.29 is 23.4 Å². The van der Waals surface area contributed by atoms with Crippen LogP contribution in [0.4, 0.5) is 0 Å². The highest BCUT2D eigenvalue weighted by molar-refractivity contribution is 6.74. The maximum Gasteiger partial charge on any atom is 0.194 e. The molecule has 8 nitrogen and oxygen atoms in total. The molecular formula is C27H33Cl2N3O5Si. The second kappa shape index (κ2) is 9.66. The summed E-state index contributed by atoms with van der Waals surface area (Å²) in [7, 11) is -2.06. The number of halogens is 2. The number of hydrogen-bond donors (Lipinski definition) is 0. The summed E-state index contributed by atoms with van der Waals surface area (Å²) in [6.07, 6.45) is 0.441. The van der Waals surface area contributed by atoms with Gasteiger partial charge in [-0.05, 0) is 55.7 Å². The fourth-order valence-corrected chi connectivity index (χ4v) is 6.00. The molecule has 0 spiro atoms. The lowest BCUT2D eigenvalue weighted by Gasteiger charge is -2.36. The van der Waals surface area contributed by atoms with Gasteiger partial charge < -0.3 is 23.2 Å². The summed E-state index contributed by atoms with van der Waals surface area (Å²) in [4.78, 5) is 22.6. The van der Waals surface area contributed by atoms with Crippen LogP contribution in [0, 0.1) is 0 Å². The fourth-order valence-electron chi connectivity index (χ4n) is 4.69. The molecule has 0 saturated carbocycles. The maximum absolute atomic E-state index is 14.1. The molecule has 0 bridgehead atoms. The van der Waals surface area contributed by atoms with Gasteiger partial charge in [-0.2, -0.15) is 0 Å². The third-order valence-electron chi connectivity index (χ3n) is 7.75. The Morgan fingerprint density at radius 2 is 1.84 bits per heavy atom. The zero-order valence-corrected chi connectivity index (χ0v) is 25.1. The minimum Gasteiger partial charge on any atom is -0.413 e. The van der Waals surface area contributed by atoms with E-state index in [0.29, 0.717) is 33.4 Å². The van der Waals surface area contributed by atoms with Gasteiger partial charge in [0.2, 0.25) is 0 Å². The predicted octanol–water partition coefficient (Wildman–Crippen LogP) is 6.56. The van der Waals surface area contributed by atoms with Crippen molar-refractivity contribution in [3.63, 3.8) is 0 Å². The summed E-state index contributed by atoms with van der Waals surface area (Å²) in [5.74, 6) is -1.13. The maximum atomic E-state index is 14.1. The van der Waals surface area contributed by atoms with Crippen LogP contribution < -0.4 is 0 Å². The third-order valence-corrected chi connectivity index (χ3v) is 12.8. The summed E-state index contributed by atoms with van der Waals surface area (Å²) in [5.41, 5.74) is 1.80. The van der Waals surface area contributed by atoms with Gasteiger partial charge in [0.1, 0.15) is 29.3 Å². The molecule has 3 aromatic rings. The van der Waals surface area contributed by atoms with Crippen molar-refractivity contribution >= 4 is 48.3 Å². The van der Waals surface area contributed by atoms with E-state index in [4.69, 9.17) is 41.8 Å². The number of benzene rings is 1. The summed E-state index contributed by atoms with van der Waals surface area (Å²) >= 11 is 12.6. The molecule has 2 aliphatic rings. The summed E-state index contributed by atoms with van der Waals surface area (Å²) in [5, 5.41) is 1.51. The number of nitrogens with zero attached hydrogens (tertiary/aromatic N) is 3. The van der Waals surface area contributed by atoms with Gasteiger partial charge in [0.05, 0.1) is 12.0 Å². The van der Waals surface area contributed by atoms with Crippen LogP contribution in [-0.2, 0) is 25.2 Å². The average molecular weight is 579 g/mol. The van der Waals surface area contributed by atoms with Crippen molar-refractivity contribution in [2.75, 3.05) is 0 Å². The van der Waals surface area contributed by atoms with Crippen molar-refractivity contribution in [1.29, 1.82) is 0 Å². The smallest absolute Gasteiger partial charge is 0.194 e. The SMILES string of the molecule is CC1(C)O[C@@H]2[C@H](O1)[C@@H](C(=O)c1cc(Cl)ccc1CO[Si](C)(C)C(C)(C)C)O[C@H]2n1ccc2c(Cl)ncnc21. The number of carbonyl (C=O) groups excluding carboxylic acids is 1. The van der Waals surface area contributed by atoms with Crippen LogP contribution in [0.3, 0.4) is 0 Å². The summed E-state index contributed by atoms with van der Waals surface area (Å²) < 4.78 is 27.1. The fraction of sp³-hybridized carbons (Fsp3) is 0.519. The van der Waals surface area contributed by atoms with Crippen LogP contribution >= 0.6 is 23.2 Å². The minimum absolute atomic E-state index is 0.0329. The Morgan fingerprint density at radius 1 is 1.13 bits per heavy atom. The van der Waals surface area contributed by atoms with Crippen LogP contribution in [0.25, 0.3) is 11.0 Å². The number of Topliss-reactive ketones (excluding diaryl/α,β-unsaturated/α-hetero) is 1. The Hall–Kier alpha value is -1.85. The first kappa shape index (κ1) is 27.7. The molecular weight excluding hydrogens is 545 g/mol. The highest BCUT2D eigenvalue weighted by Gasteiger charge is 2.58. The normalized spacial score (nSPS) is 25.2. The van der Waals surface area contributed by atoms with E-state index in [-0.39, 0.29) is 10.8 Å². The number of aromatic nitrogens is 3. The van der Waals surface area contributed by atoms with E-state index in [9.17, 15) is 4.79 Å². The number of fused-ring (bicyclic) bond motifs is 2. The Kier molecular flexibility index (Phi) is 7.04.